The summed E-state index contributed by atoms with van der Waals surface area (Å²) in [6, 6.07) is 0. The minimum absolute atomic E-state index is 0.138. The maximum Gasteiger partial charge on any atom is 0.360 e. The van der Waals surface area contributed by atoms with Crippen molar-refractivity contribution in [1.82, 2.24) is 0 Å². The highest BCUT2D eigenvalue weighted by Crippen LogP contribution is 1.97. The first-order valence-electron chi connectivity index (χ1n) is 3.19. The first-order valence-corrected chi connectivity index (χ1v) is 4.23. The molecule has 0 aliphatic heterocycles. The summed E-state index contributed by atoms with van der Waals surface area (Å²) in [4.78, 5) is 10.7. The Morgan fingerprint density at radius 1 is 1.67 bits per heavy atom. The first-order chi connectivity index (χ1) is 5.57. The number of rotatable bonds is 4. The normalized spacial score (nSPS) is 13.8. The van der Waals surface area contributed by atoms with Gasteiger partial charge >= 0.3 is 17.3 Å². The average molecular weight is 194 g/mol. The summed E-state index contributed by atoms with van der Waals surface area (Å²) in [5.74, 6) is -0.871. The van der Waals surface area contributed by atoms with Crippen LogP contribution in [0.1, 0.15) is 13.8 Å². The molecule has 0 aromatic heterocycles. The van der Waals surface area contributed by atoms with Crippen LogP contribution in [0.25, 0.3) is 0 Å². The van der Waals surface area contributed by atoms with Gasteiger partial charge in [0, 0.05) is 0 Å². The van der Waals surface area contributed by atoms with Crippen LogP contribution < -0.4 is 0 Å². The number of hydrogen-bond acceptors (Lipinski definition) is 4. The second-order valence-corrected chi connectivity index (χ2v) is 2.45. The van der Waals surface area contributed by atoms with Crippen LogP contribution in [0.4, 0.5) is 0 Å². The zero-order valence-electron chi connectivity index (χ0n) is 6.77. The van der Waals surface area contributed by atoms with E-state index in [4.69, 9.17) is 9.29 Å². The summed E-state index contributed by atoms with van der Waals surface area (Å²) in [6.45, 7) is 3.59. The third-order valence-electron chi connectivity index (χ3n) is 0.896. The molecule has 0 aromatic carbocycles. The lowest BCUT2D eigenvalue weighted by Gasteiger charge is -1.98. The van der Waals surface area contributed by atoms with Crippen molar-refractivity contribution in [3.05, 3.63) is 11.8 Å². The van der Waals surface area contributed by atoms with Crippen molar-refractivity contribution in [3.63, 3.8) is 0 Å². The van der Waals surface area contributed by atoms with Gasteiger partial charge in [0.1, 0.15) is 0 Å². The third-order valence-corrected chi connectivity index (χ3v) is 1.19. The molecule has 70 valence electrons. The minimum Gasteiger partial charge on any atom is -0.501 e. The SMILES string of the molecule is CCOC=C(C)C(=O)OS(=O)O. The van der Waals surface area contributed by atoms with E-state index in [9.17, 15) is 9.00 Å². The van der Waals surface area contributed by atoms with E-state index in [1.807, 2.05) is 0 Å². The summed E-state index contributed by atoms with van der Waals surface area (Å²) in [5.41, 5.74) is 0.138. The molecule has 1 unspecified atom stereocenters. The van der Waals surface area contributed by atoms with E-state index in [1.165, 1.54) is 13.2 Å². The standard InChI is InChI=1S/C6H10O5S/c1-3-10-4-5(2)6(7)11-12(8)9/h4H,3H2,1-2H3,(H,8,9). The van der Waals surface area contributed by atoms with Gasteiger partial charge < -0.3 is 8.92 Å². The van der Waals surface area contributed by atoms with Gasteiger partial charge in [-0.2, -0.15) is 4.21 Å². The van der Waals surface area contributed by atoms with E-state index in [0.717, 1.165) is 0 Å². The van der Waals surface area contributed by atoms with Gasteiger partial charge in [-0.1, -0.05) is 0 Å². The Hall–Kier alpha value is -0.880. The van der Waals surface area contributed by atoms with Gasteiger partial charge in [-0.25, -0.2) is 4.79 Å². The van der Waals surface area contributed by atoms with Crippen LogP contribution in [0.5, 0.6) is 0 Å². The molecule has 0 fully saturated rings. The second-order valence-electron chi connectivity index (χ2n) is 1.84. The van der Waals surface area contributed by atoms with Gasteiger partial charge in [0.2, 0.25) is 0 Å². The zero-order chi connectivity index (χ0) is 9.56. The maximum absolute atomic E-state index is 10.7. The van der Waals surface area contributed by atoms with Crippen molar-refractivity contribution in [3.8, 4) is 0 Å². The van der Waals surface area contributed by atoms with Crippen molar-refractivity contribution in [1.29, 1.82) is 0 Å². The lowest BCUT2D eigenvalue weighted by molar-refractivity contribution is -0.129. The topological polar surface area (TPSA) is 72.8 Å². The summed E-state index contributed by atoms with van der Waals surface area (Å²) < 4.78 is 26.9. The quantitative estimate of drug-likeness (QED) is 0.403. The average Bonchev–Trinajstić information content (AvgIpc) is 1.98. The molecular formula is C6H10O5S. The molecule has 0 rings (SSSR count). The molecule has 12 heavy (non-hydrogen) atoms. The Kier molecular flexibility index (Phi) is 5.31. The Morgan fingerprint density at radius 2 is 2.25 bits per heavy atom. The van der Waals surface area contributed by atoms with Crippen LogP contribution >= 0.6 is 0 Å². The Bertz CT molecular complexity index is 210. The molecule has 0 saturated heterocycles. The van der Waals surface area contributed by atoms with Gasteiger partial charge in [0.05, 0.1) is 18.4 Å². The molecule has 6 heteroatoms. The van der Waals surface area contributed by atoms with Crippen LogP contribution in [0.3, 0.4) is 0 Å². The number of hydrogen-bond donors (Lipinski definition) is 1. The molecular weight excluding hydrogens is 184 g/mol. The van der Waals surface area contributed by atoms with Gasteiger partial charge in [-0.3, -0.25) is 4.55 Å². The zero-order valence-corrected chi connectivity index (χ0v) is 7.59. The van der Waals surface area contributed by atoms with E-state index in [2.05, 4.69) is 4.18 Å². The number of carbonyl (C=O) groups is 1. The van der Waals surface area contributed by atoms with E-state index >= 15 is 0 Å². The highest BCUT2D eigenvalue weighted by Gasteiger charge is 2.08. The van der Waals surface area contributed by atoms with Gasteiger partial charge in [0.25, 0.3) is 0 Å². The van der Waals surface area contributed by atoms with Crippen LogP contribution in [0, 0.1) is 0 Å². The van der Waals surface area contributed by atoms with Crippen molar-refractivity contribution < 1.29 is 22.5 Å². The molecule has 1 N–H and O–H groups in total. The van der Waals surface area contributed by atoms with Crippen LogP contribution in [0.2, 0.25) is 0 Å². The Labute approximate surface area is 72.8 Å². The smallest absolute Gasteiger partial charge is 0.360 e. The van der Waals surface area contributed by atoms with Gasteiger partial charge in [0.15, 0.2) is 0 Å². The summed E-state index contributed by atoms with van der Waals surface area (Å²) in [6.07, 6.45) is 1.18. The minimum atomic E-state index is -2.57. The molecule has 0 aromatic rings. The van der Waals surface area contributed by atoms with Crippen LogP contribution in [-0.2, 0) is 25.1 Å². The van der Waals surface area contributed by atoms with E-state index < -0.39 is 17.3 Å². The summed E-state index contributed by atoms with van der Waals surface area (Å²) >= 11 is -2.57. The fourth-order valence-electron chi connectivity index (χ4n) is 0.387. The fourth-order valence-corrected chi connectivity index (χ4v) is 0.648. The number of carbonyl (C=O) groups excluding carboxylic acids is 1. The molecule has 0 amide bonds. The number of ether oxygens (including phenoxy) is 1. The van der Waals surface area contributed by atoms with E-state index in [-0.39, 0.29) is 5.57 Å². The monoisotopic (exact) mass is 194 g/mol. The summed E-state index contributed by atoms with van der Waals surface area (Å²) in [7, 11) is 0. The Morgan fingerprint density at radius 3 is 2.67 bits per heavy atom. The third kappa shape index (κ3) is 4.86. The molecule has 0 bridgehead atoms. The summed E-state index contributed by atoms with van der Waals surface area (Å²) in [5, 5.41) is 0. The van der Waals surface area contributed by atoms with Gasteiger partial charge in [-0.15, -0.1) is 0 Å². The van der Waals surface area contributed by atoms with Crippen LogP contribution in [0.15, 0.2) is 11.8 Å². The van der Waals surface area contributed by atoms with Gasteiger partial charge in [-0.05, 0) is 13.8 Å². The molecule has 0 aliphatic carbocycles. The first kappa shape index (κ1) is 11.1. The predicted molar refractivity (Wildman–Crippen MR) is 42.2 cm³/mol. The molecule has 0 spiro atoms. The van der Waals surface area contributed by atoms with E-state index in [1.54, 1.807) is 6.92 Å². The highest BCUT2D eigenvalue weighted by molar-refractivity contribution is 7.74. The fraction of sp³-hybridized carbons (Fsp3) is 0.500. The van der Waals surface area contributed by atoms with Crippen LogP contribution in [-0.4, -0.2) is 21.3 Å². The molecule has 0 saturated carbocycles. The van der Waals surface area contributed by atoms with Crippen molar-refractivity contribution >= 4 is 17.3 Å². The molecule has 1 atom stereocenters. The molecule has 0 radical (unpaired) electrons. The lowest BCUT2D eigenvalue weighted by Crippen LogP contribution is -2.07. The predicted octanol–water partition coefficient (Wildman–Crippen LogP) is 0.607. The lowest BCUT2D eigenvalue weighted by atomic mass is 10.3. The molecule has 5 nitrogen and oxygen atoms in total. The highest BCUT2D eigenvalue weighted by atomic mass is 32.2. The Balaban J connectivity index is 4.00. The van der Waals surface area contributed by atoms with Crippen molar-refractivity contribution in [2.75, 3.05) is 6.61 Å². The second kappa shape index (κ2) is 5.73. The largest absolute Gasteiger partial charge is 0.501 e. The van der Waals surface area contributed by atoms with E-state index in [0.29, 0.717) is 6.61 Å². The van der Waals surface area contributed by atoms with Crippen molar-refractivity contribution in [2.45, 2.75) is 13.8 Å². The molecule has 0 aliphatic rings. The van der Waals surface area contributed by atoms with Crippen molar-refractivity contribution in [2.24, 2.45) is 0 Å². The maximum atomic E-state index is 10.7. The molecule has 0 heterocycles.